The Kier molecular flexibility index (Phi) is 5.17. The van der Waals surface area contributed by atoms with Gasteiger partial charge in [0.2, 0.25) is 0 Å². The van der Waals surface area contributed by atoms with Crippen molar-refractivity contribution in [3.8, 4) is 5.75 Å². The topological polar surface area (TPSA) is 49.7 Å². The van der Waals surface area contributed by atoms with E-state index in [2.05, 4.69) is 0 Å². The first kappa shape index (κ1) is 15.8. The van der Waals surface area contributed by atoms with Gasteiger partial charge in [-0.1, -0.05) is 23.7 Å². The van der Waals surface area contributed by atoms with Crippen LogP contribution in [0.2, 0.25) is 5.02 Å². The molecule has 0 aliphatic heterocycles. The van der Waals surface area contributed by atoms with Crippen molar-refractivity contribution < 1.29 is 19.3 Å². The zero-order valence-corrected chi connectivity index (χ0v) is 12.3. The molecule has 21 heavy (non-hydrogen) atoms. The van der Waals surface area contributed by atoms with E-state index < -0.39 is 0 Å². The molecule has 0 radical (unpaired) electrons. The highest BCUT2D eigenvalue weighted by molar-refractivity contribution is 6.31. The highest BCUT2D eigenvalue weighted by Gasteiger charge is 2.10. The van der Waals surface area contributed by atoms with Crippen LogP contribution in [0, 0.1) is 12.7 Å². The van der Waals surface area contributed by atoms with Crippen LogP contribution in [0.3, 0.4) is 0 Å². The molecule has 0 bridgehead atoms. The molecule has 2 aromatic carbocycles. The lowest BCUT2D eigenvalue weighted by Crippen LogP contribution is -1.99. The summed E-state index contributed by atoms with van der Waals surface area (Å²) in [5.74, 6) is -0.364. The van der Waals surface area contributed by atoms with E-state index in [0.717, 1.165) is 5.56 Å². The number of aliphatic hydroxyl groups excluding tert-OH is 1. The standard InChI is InChI=1S/C16H16ClFO3/c1-10-2-3-12(15(18)4-10)8-21-9-13-14(17)5-11(7-19)6-16(13)20/h2-6,19-20H,7-9H2,1H3. The lowest BCUT2D eigenvalue weighted by atomic mass is 10.1. The summed E-state index contributed by atoms with van der Waals surface area (Å²) in [5.41, 5.74) is 2.23. The smallest absolute Gasteiger partial charge is 0.128 e. The van der Waals surface area contributed by atoms with Gasteiger partial charge in [-0.05, 0) is 36.2 Å². The van der Waals surface area contributed by atoms with E-state index in [1.807, 2.05) is 13.0 Å². The predicted octanol–water partition coefficient (Wildman–Crippen LogP) is 3.70. The van der Waals surface area contributed by atoms with Crippen molar-refractivity contribution in [1.29, 1.82) is 0 Å². The maximum atomic E-state index is 13.7. The SMILES string of the molecule is Cc1ccc(COCc2c(O)cc(CO)cc2Cl)c(F)c1. The van der Waals surface area contributed by atoms with Gasteiger partial charge in [0.15, 0.2) is 0 Å². The van der Waals surface area contributed by atoms with E-state index in [0.29, 0.717) is 21.7 Å². The second-order valence-corrected chi connectivity index (χ2v) is 5.23. The quantitative estimate of drug-likeness (QED) is 0.885. The number of rotatable bonds is 5. The number of ether oxygens (including phenoxy) is 1. The molecule has 112 valence electrons. The van der Waals surface area contributed by atoms with Crippen LogP contribution in [0.5, 0.6) is 5.75 Å². The van der Waals surface area contributed by atoms with Crippen molar-refractivity contribution in [3.05, 3.63) is 63.4 Å². The van der Waals surface area contributed by atoms with E-state index in [9.17, 15) is 9.50 Å². The summed E-state index contributed by atoms with van der Waals surface area (Å²) < 4.78 is 19.1. The van der Waals surface area contributed by atoms with E-state index in [-0.39, 0.29) is 31.4 Å². The number of phenolic OH excluding ortho intramolecular Hbond substituents is 1. The molecule has 0 amide bonds. The van der Waals surface area contributed by atoms with Crippen LogP contribution in [0.4, 0.5) is 4.39 Å². The second-order valence-electron chi connectivity index (χ2n) is 4.82. The summed E-state index contributed by atoms with van der Waals surface area (Å²) in [5, 5.41) is 19.2. The van der Waals surface area contributed by atoms with E-state index >= 15 is 0 Å². The summed E-state index contributed by atoms with van der Waals surface area (Å²) in [6, 6.07) is 7.91. The molecule has 0 atom stereocenters. The molecule has 5 heteroatoms. The van der Waals surface area contributed by atoms with Gasteiger partial charge >= 0.3 is 0 Å². The Morgan fingerprint density at radius 3 is 2.57 bits per heavy atom. The molecule has 0 aromatic heterocycles. The Morgan fingerprint density at radius 2 is 1.95 bits per heavy atom. The maximum absolute atomic E-state index is 13.7. The van der Waals surface area contributed by atoms with Gasteiger partial charge in [-0.2, -0.15) is 0 Å². The first-order valence-corrected chi connectivity index (χ1v) is 6.83. The number of aliphatic hydroxyl groups is 1. The Bertz CT molecular complexity index is 620. The lowest BCUT2D eigenvalue weighted by Gasteiger charge is -2.10. The molecule has 2 aromatic rings. The van der Waals surface area contributed by atoms with Gasteiger partial charge in [-0.15, -0.1) is 0 Å². The van der Waals surface area contributed by atoms with Gasteiger partial charge in [0, 0.05) is 11.1 Å². The van der Waals surface area contributed by atoms with Crippen LogP contribution in [0.25, 0.3) is 0 Å². The summed E-state index contributed by atoms with van der Waals surface area (Å²) in [4.78, 5) is 0. The predicted molar refractivity (Wildman–Crippen MR) is 78.7 cm³/mol. The minimum atomic E-state index is -0.319. The van der Waals surface area contributed by atoms with Crippen LogP contribution < -0.4 is 0 Å². The fourth-order valence-corrected chi connectivity index (χ4v) is 2.23. The van der Waals surface area contributed by atoms with Crippen molar-refractivity contribution in [2.75, 3.05) is 0 Å². The second kappa shape index (κ2) is 6.89. The Hall–Kier alpha value is -1.62. The van der Waals surface area contributed by atoms with Crippen molar-refractivity contribution >= 4 is 11.6 Å². The van der Waals surface area contributed by atoms with E-state index in [1.165, 1.54) is 12.1 Å². The highest BCUT2D eigenvalue weighted by Crippen LogP contribution is 2.28. The maximum Gasteiger partial charge on any atom is 0.128 e. The number of halogens is 2. The Balaban J connectivity index is 2.03. The Morgan fingerprint density at radius 1 is 1.19 bits per heavy atom. The third kappa shape index (κ3) is 3.94. The molecule has 0 unspecified atom stereocenters. The molecule has 2 rings (SSSR count). The molecule has 0 saturated heterocycles. The zero-order valence-electron chi connectivity index (χ0n) is 11.6. The molecule has 0 saturated carbocycles. The number of hydrogen-bond acceptors (Lipinski definition) is 3. The summed E-state index contributed by atoms with van der Waals surface area (Å²) in [6.45, 7) is 1.75. The van der Waals surface area contributed by atoms with Crippen LogP contribution in [0.1, 0.15) is 22.3 Å². The molecule has 0 heterocycles. The minimum Gasteiger partial charge on any atom is -0.508 e. The average Bonchev–Trinajstić information content (AvgIpc) is 2.43. The average molecular weight is 311 g/mol. The van der Waals surface area contributed by atoms with Crippen molar-refractivity contribution in [1.82, 2.24) is 0 Å². The molecule has 0 fully saturated rings. The normalized spacial score (nSPS) is 10.9. The van der Waals surface area contributed by atoms with Crippen LogP contribution in [-0.2, 0) is 24.6 Å². The number of phenols is 1. The van der Waals surface area contributed by atoms with Gasteiger partial charge in [0.25, 0.3) is 0 Å². The van der Waals surface area contributed by atoms with Crippen molar-refractivity contribution in [2.45, 2.75) is 26.7 Å². The fraction of sp³-hybridized carbons (Fsp3) is 0.250. The van der Waals surface area contributed by atoms with Crippen molar-refractivity contribution in [2.24, 2.45) is 0 Å². The lowest BCUT2D eigenvalue weighted by molar-refractivity contribution is 0.103. The minimum absolute atomic E-state index is 0.0454. The third-order valence-electron chi connectivity index (χ3n) is 3.13. The molecular weight excluding hydrogens is 295 g/mol. The molecule has 0 spiro atoms. The van der Waals surface area contributed by atoms with Crippen molar-refractivity contribution in [3.63, 3.8) is 0 Å². The van der Waals surface area contributed by atoms with Gasteiger partial charge in [0.1, 0.15) is 11.6 Å². The van der Waals surface area contributed by atoms with Gasteiger partial charge < -0.3 is 14.9 Å². The number of aryl methyl sites for hydroxylation is 1. The van der Waals surface area contributed by atoms with E-state index in [1.54, 1.807) is 12.1 Å². The molecule has 2 N–H and O–H groups in total. The number of benzene rings is 2. The van der Waals surface area contributed by atoms with Gasteiger partial charge in [-0.3, -0.25) is 0 Å². The summed E-state index contributed by atoms with van der Waals surface area (Å²) in [6.07, 6.45) is 0. The van der Waals surface area contributed by atoms with Crippen LogP contribution >= 0.6 is 11.6 Å². The largest absolute Gasteiger partial charge is 0.508 e. The monoisotopic (exact) mass is 310 g/mol. The van der Waals surface area contributed by atoms with Gasteiger partial charge in [-0.25, -0.2) is 4.39 Å². The number of aromatic hydroxyl groups is 1. The summed E-state index contributed by atoms with van der Waals surface area (Å²) in [7, 11) is 0. The highest BCUT2D eigenvalue weighted by atomic mass is 35.5. The number of hydrogen-bond donors (Lipinski definition) is 2. The zero-order chi connectivity index (χ0) is 15.4. The molecule has 0 aliphatic carbocycles. The molecule has 0 aliphatic rings. The fourth-order valence-electron chi connectivity index (χ4n) is 1.94. The molecular formula is C16H16ClFO3. The molecule has 3 nitrogen and oxygen atoms in total. The summed E-state index contributed by atoms with van der Waals surface area (Å²) >= 11 is 6.02. The van der Waals surface area contributed by atoms with Crippen LogP contribution in [-0.4, -0.2) is 10.2 Å². The van der Waals surface area contributed by atoms with E-state index in [4.69, 9.17) is 21.4 Å². The van der Waals surface area contributed by atoms with Crippen LogP contribution in [0.15, 0.2) is 30.3 Å². The Labute approximate surface area is 127 Å². The first-order valence-electron chi connectivity index (χ1n) is 6.45. The first-order chi connectivity index (χ1) is 10.0. The van der Waals surface area contributed by atoms with Gasteiger partial charge in [0.05, 0.1) is 24.8 Å². The third-order valence-corrected chi connectivity index (χ3v) is 3.46.